The number of alkyl halides is 2. The third-order valence-corrected chi connectivity index (χ3v) is 10.1. The Hall–Kier alpha value is -0.510. The van der Waals surface area contributed by atoms with Crippen molar-refractivity contribution in [3.05, 3.63) is 0 Å². The molecule has 3 rings (SSSR count). The van der Waals surface area contributed by atoms with Crippen LogP contribution in [0.5, 0.6) is 0 Å². The highest BCUT2D eigenvalue weighted by atomic mass is 35.5. The molecule has 3 fully saturated rings. The van der Waals surface area contributed by atoms with E-state index in [1.54, 1.807) is 6.92 Å². The number of carbonyl (C=O) groups excluding carboxylic acids is 2. The fourth-order valence-electron chi connectivity index (χ4n) is 7.88. The van der Waals surface area contributed by atoms with Crippen LogP contribution in [0.4, 0.5) is 8.78 Å². The van der Waals surface area contributed by atoms with Gasteiger partial charge in [0.05, 0.1) is 5.92 Å². The van der Waals surface area contributed by atoms with Crippen LogP contribution >= 0.6 is 11.6 Å². The standard InChI is InChI=1S/C30H49ClF2O2/c1-30(21-34)20-25(32)18-24(22-14-10-6-2-3-7-11-15-22)19-26(29(31)35)28(33)27(30)23-16-12-8-4-5-9-13-17-23/h21-28H,2-20H2,1H3. The molecule has 0 N–H and O–H groups in total. The van der Waals surface area contributed by atoms with Gasteiger partial charge >= 0.3 is 0 Å². The van der Waals surface area contributed by atoms with Gasteiger partial charge in [-0.1, -0.05) is 110 Å². The summed E-state index contributed by atoms with van der Waals surface area (Å²) in [5, 5.41) is -0.635. The van der Waals surface area contributed by atoms with E-state index in [9.17, 15) is 9.59 Å². The van der Waals surface area contributed by atoms with E-state index in [2.05, 4.69) is 0 Å². The average molecular weight is 515 g/mol. The van der Waals surface area contributed by atoms with Crippen molar-refractivity contribution in [1.82, 2.24) is 0 Å². The Labute approximate surface area is 217 Å². The number of aldehydes is 1. The molecule has 6 atom stereocenters. The summed E-state index contributed by atoms with van der Waals surface area (Å²) in [5.41, 5.74) is -1.12. The molecular formula is C30H49ClF2O2. The second-order valence-corrected chi connectivity index (χ2v) is 12.8. The van der Waals surface area contributed by atoms with Crippen molar-refractivity contribution in [1.29, 1.82) is 0 Å². The molecule has 3 aliphatic carbocycles. The molecule has 0 saturated heterocycles. The molecule has 6 unspecified atom stereocenters. The van der Waals surface area contributed by atoms with Crippen LogP contribution in [0.2, 0.25) is 0 Å². The van der Waals surface area contributed by atoms with E-state index in [1.165, 1.54) is 38.5 Å². The Morgan fingerprint density at radius 3 is 1.66 bits per heavy atom. The Morgan fingerprint density at radius 1 is 0.743 bits per heavy atom. The lowest BCUT2D eigenvalue weighted by atomic mass is 9.63. The second-order valence-electron chi connectivity index (χ2n) is 12.5. The molecule has 0 aromatic heterocycles. The fraction of sp³-hybridized carbons (Fsp3) is 0.933. The molecule has 0 amide bonds. The molecule has 3 aliphatic rings. The van der Waals surface area contributed by atoms with E-state index < -0.39 is 34.8 Å². The predicted octanol–water partition coefficient (Wildman–Crippen LogP) is 9.17. The Kier molecular flexibility index (Phi) is 12.0. The first-order valence-electron chi connectivity index (χ1n) is 14.8. The molecule has 5 heteroatoms. The summed E-state index contributed by atoms with van der Waals surface area (Å²) in [4.78, 5) is 25.3. The molecule has 202 valence electrons. The maximum atomic E-state index is 16.7. The smallest absolute Gasteiger partial charge is 0.227 e. The minimum Gasteiger partial charge on any atom is -0.303 e. The van der Waals surface area contributed by atoms with Crippen molar-refractivity contribution in [2.75, 3.05) is 0 Å². The van der Waals surface area contributed by atoms with Gasteiger partial charge in [-0.3, -0.25) is 4.79 Å². The van der Waals surface area contributed by atoms with E-state index in [4.69, 9.17) is 11.6 Å². The molecule has 0 radical (unpaired) electrons. The summed E-state index contributed by atoms with van der Waals surface area (Å²) in [6, 6.07) is 0. The topological polar surface area (TPSA) is 34.1 Å². The van der Waals surface area contributed by atoms with Gasteiger partial charge in [0.25, 0.3) is 0 Å². The van der Waals surface area contributed by atoms with Crippen molar-refractivity contribution in [3.8, 4) is 0 Å². The Bertz CT molecular complexity index is 638. The molecule has 3 saturated carbocycles. The van der Waals surface area contributed by atoms with Crippen LogP contribution in [-0.2, 0) is 9.59 Å². The maximum absolute atomic E-state index is 16.7. The van der Waals surface area contributed by atoms with Crippen molar-refractivity contribution in [2.45, 2.75) is 141 Å². The summed E-state index contributed by atoms with van der Waals surface area (Å²) >= 11 is 6.12. The summed E-state index contributed by atoms with van der Waals surface area (Å²) in [6.07, 6.45) is 16.4. The monoisotopic (exact) mass is 514 g/mol. The van der Waals surface area contributed by atoms with Crippen LogP contribution in [0.15, 0.2) is 0 Å². The number of hydrogen-bond donors (Lipinski definition) is 0. The zero-order valence-corrected chi connectivity index (χ0v) is 22.8. The van der Waals surface area contributed by atoms with Crippen LogP contribution in [0.1, 0.15) is 129 Å². The van der Waals surface area contributed by atoms with E-state index in [-0.39, 0.29) is 18.3 Å². The van der Waals surface area contributed by atoms with Gasteiger partial charge in [0.15, 0.2) is 0 Å². The number of hydrogen-bond acceptors (Lipinski definition) is 2. The maximum Gasteiger partial charge on any atom is 0.227 e. The van der Waals surface area contributed by atoms with Crippen LogP contribution in [-0.4, -0.2) is 23.9 Å². The molecule has 0 bridgehead atoms. The summed E-state index contributed by atoms with van der Waals surface area (Å²) in [6.45, 7) is 1.76. The second kappa shape index (κ2) is 14.4. The first kappa shape index (κ1) is 29.1. The highest BCUT2D eigenvalue weighted by Crippen LogP contribution is 2.50. The molecule has 0 aliphatic heterocycles. The third kappa shape index (κ3) is 8.24. The van der Waals surface area contributed by atoms with Crippen LogP contribution < -0.4 is 0 Å². The van der Waals surface area contributed by atoms with E-state index in [0.717, 1.165) is 70.5 Å². The van der Waals surface area contributed by atoms with Crippen molar-refractivity contribution in [3.63, 3.8) is 0 Å². The van der Waals surface area contributed by atoms with Gasteiger partial charge in [-0.25, -0.2) is 8.78 Å². The number of rotatable bonds is 4. The van der Waals surface area contributed by atoms with E-state index >= 15 is 8.78 Å². The minimum absolute atomic E-state index is 0.00882. The van der Waals surface area contributed by atoms with Gasteiger partial charge in [0, 0.05) is 11.3 Å². The first-order chi connectivity index (χ1) is 16.9. The highest BCUT2D eigenvalue weighted by molar-refractivity contribution is 6.64. The van der Waals surface area contributed by atoms with Crippen LogP contribution in [0.3, 0.4) is 0 Å². The quantitative estimate of drug-likeness (QED) is 0.277. The van der Waals surface area contributed by atoms with Crippen LogP contribution in [0.25, 0.3) is 0 Å². The van der Waals surface area contributed by atoms with Gasteiger partial charge in [-0.05, 0) is 48.6 Å². The third-order valence-electron chi connectivity index (χ3n) is 9.80. The zero-order valence-electron chi connectivity index (χ0n) is 22.0. The van der Waals surface area contributed by atoms with Crippen molar-refractivity contribution < 1.29 is 18.4 Å². The molecule has 0 spiro atoms. The molecule has 35 heavy (non-hydrogen) atoms. The average Bonchev–Trinajstić information content (AvgIpc) is 3.06. The minimum atomic E-state index is -1.50. The normalized spacial score (nSPS) is 38.2. The van der Waals surface area contributed by atoms with Gasteiger partial charge in [-0.2, -0.15) is 0 Å². The summed E-state index contributed by atoms with van der Waals surface area (Å²) < 4.78 is 32.4. The number of carbonyl (C=O) groups is 2. The summed E-state index contributed by atoms with van der Waals surface area (Å²) in [5.74, 6) is -1.35. The van der Waals surface area contributed by atoms with Gasteiger partial charge < -0.3 is 4.79 Å². The van der Waals surface area contributed by atoms with Gasteiger partial charge in [0.1, 0.15) is 18.6 Å². The van der Waals surface area contributed by atoms with Gasteiger partial charge in [-0.15, -0.1) is 0 Å². The molecule has 0 aromatic rings. The molecular weight excluding hydrogens is 466 g/mol. The molecule has 0 aromatic carbocycles. The molecule has 2 nitrogen and oxygen atoms in total. The van der Waals surface area contributed by atoms with Crippen molar-refractivity contribution >= 4 is 23.1 Å². The lowest BCUT2D eigenvalue weighted by Gasteiger charge is -2.42. The predicted molar refractivity (Wildman–Crippen MR) is 140 cm³/mol. The fourth-order valence-corrected chi connectivity index (χ4v) is 8.09. The Balaban J connectivity index is 1.93. The van der Waals surface area contributed by atoms with Crippen LogP contribution in [0, 0.1) is 35.0 Å². The lowest BCUT2D eigenvalue weighted by molar-refractivity contribution is -0.129. The van der Waals surface area contributed by atoms with E-state index in [1.807, 2.05) is 0 Å². The summed E-state index contributed by atoms with van der Waals surface area (Å²) in [7, 11) is 0. The zero-order chi connectivity index (χ0) is 25.3. The van der Waals surface area contributed by atoms with E-state index in [0.29, 0.717) is 18.8 Å². The first-order valence-corrected chi connectivity index (χ1v) is 15.2. The lowest BCUT2D eigenvalue weighted by Crippen LogP contribution is -2.45. The Morgan fingerprint density at radius 2 is 1.20 bits per heavy atom. The number of halogens is 3. The molecule has 0 heterocycles. The van der Waals surface area contributed by atoms with Crippen molar-refractivity contribution in [2.24, 2.45) is 35.0 Å². The SMILES string of the molecule is CC1(C=O)CC(F)CC(C2CCCCCCCC2)CC(C(=O)Cl)C(F)C1C1CCCCCCCC1. The van der Waals surface area contributed by atoms with Gasteiger partial charge in [0.2, 0.25) is 5.24 Å². The highest BCUT2D eigenvalue weighted by Gasteiger charge is 2.51. The largest absolute Gasteiger partial charge is 0.303 e.